The van der Waals surface area contributed by atoms with Crippen molar-refractivity contribution in [3.05, 3.63) is 65.3 Å². The van der Waals surface area contributed by atoms with Gasteiger partial charge in [-0.25, -0.2) is 0 Å². The van der Waals surface area contributed by atoms with Gasteiger partial charge in [-0.2, -0.15) is 0 Å². The summed E-state index contributed by atoms with van der Waals surface area (Å²) < 4.78 is 0. The van der Waals surface area contributed by atoms with Crippen LogP contribution in [0, 0.1) is 0 Å². The maximum atomic E-state index is 6.16. The molecule has 28 heavy (non-hydrogen) atoms. The van der Waals surface area contributed by atoms with E-state index in [1.165, 1.54) is 35.0 Å². The first-order valence-corrected chi connectivity index (χ1v) is 10.6. The summed E-state index contributed by atoms with van der Waals surface area (Å²) >= 11 is 6.16. The number of aryl methyl sites for hydroxylation is 1. The molecule has 5 heteroatoms. The molecule has 0 amide bonds. The summed E-state index contributed by atoms with van der Waals surface area (Å²) in [6, 6.07) is 17.1. The highest BCUT2D eigenvalue weighted by molar-refractivity contribution is 6.31. The molecule has 1 atom stereocenters. The zero-order valence-corrected chi connectivity index (χ0v) is 17.0. The molecule has 0 saturated carbocycles. The molecule has 1 unspecified atom stereocenters. The van der Waals surface area contributed by atoms with Crippen LogP contribution in [0.15, 0.2) is 54.7 Å². The standard InChI is InChI=1S/C23H29ClN4/c24-19-9-10-23-22(14-19)18(16-26-23)6-4-5-11-27-12-13-28(21(15-25)17-27)20-7-2-1-3-8-20/h1-3,7-10,14,16,21,26H,4-6,11-13,15,17,25H2. The van der Waals surface area contributed by atoms with E-state index in [0.717, 1.165) is 37.6 Å². The minimum atomic E-state index is 0.395. The fourth-order valence-electron chi connectivity index (χ4n) is 4.29. The van der Waals surface area contributed by atoms with Crippen LogP contribution >= 0.6 is 11.6 Å². The number of fused-ring (bicyclic) bond motifs is 1. The number of nitrogens with two attached hydrogens (primary N) is 1. The third kappa shape index (κ3) is 4.35. The van der Waals surface area contributed by atoms with Gasteiger partial charge in [0.05, 0.1) is 6.04 Å². The SMILES string of the molecule is NCC1CN(CCCCc2c[nH]c3ccc(Cl)cc23)CCN1c1ccccc1. The lowest BCUT2D eigenvalue weighted by atomic mass is 10.1. The molecule has 1 aliphatic rings. The number of anilines is 1. The molecule has 3 N–H and O–H groups in total. The predicted molar refractivity (Wildman–Crippen MR) is 119 cm³/mol. The van der Waals surface area contributed by atoms with Gasteiger partial charge in [-0.05, 0) is 61.7 Å². The van der Waals surface area contributed by atoms with Crippen molar-refractivity contribution in [1.82, 2.24) is 9.88 Å². The number of nitrogens with zero attached hydrogens (tertiary/aromatic N) is 2. The first-order chi connectivity index (χ1) is 13.7. The molecule has 1 saturated heterocycles. The minimum Gasteiger partial charge on any atom is -0.365 e. The van der Waals surface area contributed by atoms with Gasteiger partial charge in [0.15, 0.2) is 0 Å². The quantitative estimate of drug-likeness (QED) is 0.585. The van der Waals surface area contributed by atoms with Crippen LogP contribution in [-0.4, -0.2) is 48.6 Å². The highest BCUT2D eigenvalue weighted by Crippen LogP contribution is 2.24. The number of unbranched alkanes of at least 4 members (excludes halogenated alkanes) is 1. The summed E-state index contributed by atoms with van der Waals surface area (Å²) in [6.45, 7) is 5.04. The van der Waals surface area contributed by atoms with E-state index in [1.54, 1.807) is 0 Å². The topological polar surface area (TPSA) is 48.3 Å². The molecule has 0 bridgehead atoms. The normalized spacial score (nSPS) is 18.1. The average molecular weight is 397 g/mol. The fourth-order valence-corrected chi connectivity index (χ4v) is 4.46. The van der Waals surface area contributed by atoms with Crippen LogP contribution < -0.4 is 10.6 Å². The Morgan fingerprint density at radius 2 is 1.93 bits per heavy atom. The molecular weight excluding hydrogens is 368 g/mol. The second-order valence-corrected chi connectivity index (χ2v) is 8.12. The zero-order chi connectivity index (χ0) is 19.3. The Hall–Kier alpha value is -2.01. The van der Waals surface area contributed by atoms with Crippen molar-refractivity contribution >= 4 is 28.2 Å². The maximum absolute atomic E-state index is 6.16. The van der Waals surface area contributed by atoms with Crippen LogP contribution in [0.4, 0.5) is 5.69 Å². The second-order valence-electron chi connectivity index (χ2n) is 7.68. The third-order valence-electron chi connectivity index (χ3n) is 5.83. The summed E-state index contributed by atoms with van der Waals surface area (Å²) in [7, 11) is 0. The first kappa shape index (κ1) is 19.3. The second kappa shape index (κ2) is 8.99. The Balaban J connectivity index is 1.27. The first-order valence-electron chi connectivity index (χ1n) is 10.2. The van der Waals surface area contributed by atoms with E-state index in [2.05, 4.69) is 63.4 Å². The molecule has 0 spiro atoms. The largest absolute Gasteiger partial charge is 0.365 e. The molecule has 3 aromatic rings. The van der Waals surface area contributed by atoms with E-state index in [-0.39, 0.29) is 0 Å². The Kier molecular flexibility index (Phi) is 6.20. The lowest BCUT2D eigenvalue weighted by Crippen LogP contribution is -2.56. The van der Waals surface area contributed by atoms with Gasteiger partial charge in [-0.1, -0.05) is 29.8 Å². The average Bonchev–Trinajstić information content (AvgIpc) is 3.13. The van der Waals surface area contributed by atoms with Crippen molar-refractivity contribution < 1.29 is 0 Å². The Labute approximate surface area is 172 Å². The molecule has 0 aliphatic carbocycles. The number of hydrogen-bond acceptors (Lipinski definition) is 3. The van der Waals surface area contributed by atoms with Crippen LogP contribution in [0.25, 0.3) is 10.9 Å². The lowest BCUT2D eigenvalue weighted by molar-refractivity contribution is 0.221. The van der Waals surface area contributed by atoms with Gasteiger partial charge in [0.1, 0.15) is 0 Å². The smallest absolute Gasteiger partial charge is 0.0539 e. The van der Waals surface area contributed by atoms with Crippen LogP contribution in [0.3, 0.4) is 0 Å². The Morgan fingerprint density at radius 3 is 2.75 bits per heavy atom. The summed E-state index contributed by atoms with van der Waals surface area (Å²) in [4.78, 5) is 8.39. The van der Waals surface area contributed by atoms with E-state index in [9.17, 15) is 0 Å². The molecule has 4 rings (SSSR count). The molecule has 1 aromatic heterocycles. The number of aromatic nitrogens is 1. The van der Waals surface area contributed by atoms with Gasteiger partial charge < -0.3 is 15.6 Å². The van der Waals surface area contributed by atoms with Gasteiger partial charge in [0.2, 0.25) is 0 Å². The van der Waals surface area contributed by atoms with Crippen molar-refractivity contribution in [2.45, 2.75) is 25.3 Å². The van der Waals surface area contributed by atoms with E-state index in [4.69, 9.17) is 17.3 Å². The van der Waals surface area contributed by atoms with Crippen molar-refractivity contribution in [3.8, 4) is 0 Å². The molecule has 2 heterocycles. The number of H-pyrrole nitrogens is 1. The number of piperazine rings is 1. The Bertz CT molecular complexity index is 892. The van der Waals surface area contributed by atoms with Gasteiger partial charge in [-0.15, -0.1) is 0 Å². The van der Waals surface area contributed by atoms with E-state index in [1.807, 2.05) is 6.07 Å². The third-order valence-corrected chi connectivity index (χ3v) is 6.06. The number of halogens is 1. The van der Waals surface area contributed by atoms with Crippen molar-refractivity contribution in [2.24, 2.45) is 5.73 Å². The van der Waals surface area contributed by atoms with Crippen molar-refractivity contribution in [3.63, 3.8) is 0 Å². The zero-order valence-electron chi connectivity index (χ0n) is 16.3. The number of aromatic amines is 1. The fraction of sp³-hybridized carbons (Fsp3) is 0.391. The maximum Gasteiger partial charge on any atom is 0.0539 e. The summed E-state index contributed by atoms with van der Waals surface area (Å²) in [5.41, 5.74) is 9.92. The highest BCUT2D eigenvalue weighted by Gasteiger charge is 2.25. The van der Waals surface area contributed by atoms with E-state index in [0.29, 0.717) is 12.6 Å². The number of hydrogen-bond donors (Lipinski definition) is 2. The van der Waals surface area contributed by atoms with Crippen LogP contribution in [-0.2, 0) is 6.42 Å². The number of benzene rings is 2. The van der Waals surface area contributed by atoms with Crippen molar-refractivity contribution in [2.75, 3.05) is 37.6 Å². The van der Waals surface area contributed by atoms with Gasteiger partial charge in [0, 0.05) is 54.0 Å². The van der Waals surface area contributed by atoms with Crippen LogP contribution in [0.1, 0.15) is 18.4 Å². The molecule has 148 valence electrons. The number of rotatable bonds is 7. The number of para-hydroxylation sites is 1. The highest BCUT2D eigenvalue weighted by atomic mass is 35.5. The minimum absolute atomic E-state index is 0.395. The van der Waals surface area contributed by atoms with Gasteiger partial charge in [0.25, 0.3) is 0 Å². The summed E-state index contributed by atoms with van der Waals surface area (Å²) in [6.07, 6.45) is 5.61. The van der Waals surface area contributed by atoms with Crippen LogP contribution in [0.2, 0.25) is 5.02 Å². The van der Waals surface area contributed by atoms with E-state index < -0.39 is 0 Å². The predicted octanol–water partition coefficient (Wildman–Crippen LogP) is 4.29. The van der Waals surface area contributed by atoms with Crippen LogP contribution in [0.5, 0.6) is 0 Å². The van der Waals surface area contributed by atoms with Crippen molar-refractivity contribution in [1.29, 1.82) is 0 Å². The summed E-state index contributed by atoms with van der Waals surface area (Å²) in [5, 5.41) is 2.06. The lowest BCUT2D eigenvalue weighted by Gasteiger charge is -2.42. The molecule has 2 aromatic carbocycles. The monoisotopic (exact) mass is 396 g/mol. The number of nitrogens with one attached hydrogen (secondary N) is 1. The molecular formula is C23H29ClN4. The molecule has 1 aliphatic heterocycles. The Morgan fingerprint density at radius 1 is 1.07 bits per heavy atom. The summed E-state index contributed by atoms with van der Waals surface area (Å²) in [5.74, 6) is 0. The van der Waals surface area contributed by atoms with Gasteiger partial charge in [-0.3, -0.25) is 4.90 Å². The molecule has 1 fully saturated rings. The van der Waals surface area contributed by atoms with E-state index >= 15 is 0 Å². The van der Waals surface area contributed by atoms with Gasteiger partial charge >= 0.3 is 0 Å². The molecule has 0 radical (unpaired) electrons. The molecule has 4 nitrogen and oxygen atoms in total.